The van der Waals surface area contributed by atoms with Gasteiger partial charge in [0.2, 0.25) is 5.91 Å². The fourth-order valence-corrected chi connectivity index (χ4v) is 3.56. The molecule has 0 fully saturated rings. The second-order valence-electron chi connectivity index (χ2n) is 6.13. The Bertz CT molecular complexity index is 1030. The number of unbranched alkanes of at least 4 members (excludes halogenated alkanes) is 1. The number of rotatable bonds is 8. The summed E-state index contributed by atoms with van der Waals surface area (Å²) in [7, 11) is 1.61. The van der Waals surface area contributed by atoms with Gasteiger partial charge in [-0.1, -0.05) is 12.1 Å². The first-order valence-electron chi connectivity index (χ1n) is 8.68. The molecule has 0 spiro atoms. The highest BCUT2D eigenvalue weighted by Crippen LogP contribution is 2.12. The molecule has 0 saturated carbocycles. The zero-order valence-corrected chi connectivity index (χ0v) is 15.8. The van der Waals surface area contributed by atoms with E-state index in [0.717, 1.165) is 11.3 Å². The Balaban J connectivity index is 1.45. The third-order valence-electron chi connectivity index (χ3n) is 4.28. The number of amides is 1. The minimum atomic E-state index is -0.408. The average Bonchev–Trinajstić information content (AvgIpc) is 3.14. The molecule has 0 unspecified atom stereocenters. The van der Waals surface area contributed by atoms with Crippen LogP contribution in [0, 0.1) is 0 Å². The van der Waals surface area contributed by atoms with Gasteiger partial charge < -0.3 is 15.0 Å². The van der Waals surface area contributed by atoms with E-state index in [2.05, 4.69) is 10.3 Å². The molecule has 27 heavy (non-hydrogen) atoms. The minimum Gasteiger partial charge on any atom is -0.497 e. The Morgan fingerprint density at radius 2 is 1.96 bits per heavy atom. The van der Waals surface area contributed by atoms with Gasteiger partial charge in [0.05, 0.1) is 12.6 Å². The van der Waals surface area contributed by atoms with E-state index < -0.39 is 5.69 Å². The molecule has 2 N–H and O–H groups in total. The summed E-state index contributed by atoms with van der Waals surface area (Å²) < 4.78 is 6.85. The van der Waals surface area contributed by atoms with Crippen LogP contribution in [-0.2, 0) is 17.9 Å². The number of ether oxygens (including phenoxy) is 1. The maximum atomic E-state index is 12.3. The fourth-order valence-electron chi connectivity index (χ4n) is 2.76. The maximum Gasteiger partial charge on any atom is 0.328 e. The number of hydrogen-bond donors (Lipinski definition) is 2. The topological polar surface area (TPSA) is 93.2 Å². The number of carbonyl (C=O) groups excluding carboxylic acids is 1. The zero-order chi connectivity index (χ0) is 19.2. The normalized spacial score (nSPS) is 10.9. The number of fused-ring (bicyclic) bond motifs is 1. The summed E-state index contributed by atoms with van der Waals surface area (Å²) in [6, 6.07) is 9.22. The lowest BCUT2D eigenvalue weighted by atomic mass is 10.2. The highest BCUT2D eigenvalue weighted by Gasteiger charge is 2.09. The predicted molar refractivity (Wildman–Crippen MR) is 105 cm³/mol. The summed E-state index contributed by atoms with van der Waals surface area (Å²) in [5.74, 6) is 0.719. The number of thiophene rings is 1. The van der Waals surface area contributed by atoms with Crippen molar-refractivity contribution in [3.63, 3.8) is 0 Å². The van der Waals surface area contributed by atoms with Gasteiger partial charge in [0.25, 0.3) is 5.56 Å². The first-order valence-corrected chi connectivity index (χ1v) is 9.56. The van der Waals surface area contributed by atoms with E-state index in [1.165, 1.54) is 15.9 Å². The Kier molecular flexibility index (Phi) is 6.08. The van der Waals surface area contributed by atoms with Gasteiger partial charge in [-0.3, -0.25) is 14.2 Å². The molecule has 1 aromatic carbocycles. The minimum absolute atomic E-state index is 0.0548. The van der Waals surface area contributed by atoms with E-state index in [1.807, 2.05) is 24.3 Å². The van der Waals surface area contributed by atoms with Gasteiger partial charge in [-0.2, -0.15) is 0 Å². The monoisotopic (exact) mass is 387 g/mol. The van der Waals surface area contributed by atoms with Crippen molar-refractivity contribution in [3.8, 4) is 5.75 Å². The van der Waals surface area contributed by atoms with Crippen molar-refractivity contribution in [2.45, 2.75) is 32.4 Å². The number of benzene rings is 1. The lowest BCUT2D eigenvalue weighted by molar-refractivity contribution is -0.121. The number of hydrogen-bond acceptors (Lipinski definition) is 5. The van der Waals surface area contributed by atoms with E-state index >= 15 is 0 Å². The number of aromatic amines is 1. The van der Waals surface area contributed by atoms with Crippen LogP contribution >= 0.6 is 11.3 Å². The van der Waals surface area contributed by atoms with Gasteiger partial charge in [-0.05, 0) is 42.0 Å². The van der Waals surface area contributed by atoms with Gasteiger partial charge in [0.1, 0.15) is 10.4 Å². The molecule has 0 aliphatic rings. The molecule has 2 aromatic heterocycles. The van der Waals surface area contributed by atoms with Crippen molar-refractivity contribution < 1.29 is 9.53 Å². The average molecular weight is 387 g/mol. The molecule has 142 valence electrons. The van der Waals surface area contributed by atoms with Gasteiger partial charge >= 0.3 is 5.69 Å². The number of aromatic nitrogens is 2. The van der Waals surface area contributed by atoms with Crippen LogP contribution in [0.25, 0.3) is 10.2 Å². The predicted octanol–water partition coefficient (Wildman–Crippen LogP) is 2.25. The molecule has 8 heteroatoms. The van der Waals surface area contributed by atoms with Gasteiger partial charge in [-0.15, -0.1) is 11.3 Å². The molecule has 0 aliphatic carbocycles. The number of carbonyl (C=O) groups is 1. The summed E-state index contributed by atoms with van der Waals surface area (Å²) in [6.45, 7) is 0.755. The fraction of sp³-hybridized carbons (Fsp3) is 0.316. The molecule has 0 radical (unpaired) electrons. The van der Waals surface area contributed by atoms with Crippen molar-refractivity contribution in [2.24, 2.45) is 0 Å². The molecular weight excluding hydrogens is 366 g/mol. The Labute approximate surface area is 159 Å². The van der Waals surface area contributed by atoms with Crippen LogP contribution in [0.4, 0.5) is 0 Å². The van der Waals surface area contributed by atoms with Crippen LogP contribution in [0.1, 0.15) is 24.8 Å². The zero-order valence-electron chi connectivity index (χ0n) is 15.0. The lowest BCUT2D eigenvalue weighted by Gasteiger charge is -2.07. The van der Waals surface area contributed by atoms with Crippen LogP contribution in [0.2, 0.25) is 0 Å². The summed E-state index contributed by atoms with van der Waals surface area (Å²) in [5, 5.41) is 4.64. The van der Waals surface area contributed by atoms with Crippen LogP contribution in [0.5, 0.6) is 5.75 Å². The second kappa shape index (κ2) is 8.68. The maximum absolute atomic E-state index is 12.3. The van der Waals surface area contributed by atoms with Crippen molar-refractivity contribution in [2.75, 3.05) is 7.11 Å². The standard InChI is InChI=1S/C19H21N3O4S/c1-26-14-7-5-13(6-8-14)12-20-16(23)4-2-3-10-22-18(24)17-15(9-11-27-17)21-19(22)25/h5-9,11H,2-4,10,12H2,1H3,(H,20,23)(H,21,25). The summed E-state index contributed by atoms with van der Waals surface area (Å²) in [6.07, 6.45) is 1.53. The van der Waals surface area contributed by atoms with E-state index in [4.69, 9.17) is 4.74 Å². The largest absolute Gasteiger partial charge is 0.497 e. The molecule has 3 rings (SSSR count). The number of methoxy groups -OCH3 is 1. The SMILES string of the molecule is COc1ccc(CNC(=O)CCCCn2c(=O)[nH]c3ccsc3c2=O)cc1. The Morgan fingerprint density at radius 3 is 2.70 bits per heavy atom. The van der Waals surface area contributed by atoms with Crippen molar-refractivity contribution in [1.29, 1.82) is 0 Å². The van der Waals surface area contributed by atoms with Crippen LogP contribution < -0.4 is 21.3 Å². The van der Waals surface area contributed by atoms with Crippen LogP contribution in [-0.4, -0.2) is 22.6 Å². The summed E-state index contributed by atoms with van der Waals surface area (Å²) in [5.41, 5.74) is 0.887. The van der Waals surface area contributed by atoms with Gasteiger partial charge in [0.15, 0.2) is 0 Å². The molecule has 3 aromatic rings. The second-order valence-corrected chi connectivity index (χ2v) is 7.05. The lowest BCUT2D eigenvalue weighted by Crippen LogP contribution is -2.34. The van der Waals surface area contributed by atoms with Crippen molar-refractivity contribution in [1.82, 2.24) is 14.9 Å². The molecule has 1 amide bonds. The third kappa shape index (κ3) is 4.65. The smallest absolute Gasteiger partial charge is 0.328 e. The summed E-state index contributed by atoms with van der Waals surface area (Å²) in [4.78, 5) is 39.0. The Hall–Kier alpha value is -2.87. The van der Waals surface area contributed by atoms with Crippen molar-refractivity contribution >= 4 is 27.5 Å². The molecule has 0 atom stereocenters. The molecular formula is C19H21N3O4S. The number of nitrogens with one attached hydrogen (secondary N) is 2. The molecule has 0 saturated heterocycles. The van der Waals surface area contributed by atoms with Crippen LogP contribution in [0.15, 0.2) is 45.3 Å². The first-order chi connectivity index (χ1) is 13.1. The van der Waals surface area contributed by atoms with Gasteiger partial charge in [-0.25, -0.2) is 4.79 Å². The molecule has 0 aliphatic heterocycles. The summed E-state index contributed by atoms with van der Waals surface area (Å²) >= 11 is 1.31. The highest BCUT2D eigenvalue weighted by molar-refractivity contribution is 7.17. The molecule has 2 heterocycles. The van der Waals surface area contributed by atoms with Gasteiger partial charge in [0, 0.05) is 19.5 Å². The van der Waals surface area contributed by atoms with E-state index in [-0.39, 0.29) is 11.5 Å². The highest BCUT2D eigenvalue weighted by atomic mass is 32.1. The van der Waals surface area contributed by atoms with Crippen molar-refractivity contribution in [3.05, 3.63) is 62.1 Å². The third-order valence-corrected chi connectivity index (χ3v) is 5.18. The van der Waals surface area contributed by atoms with E-state index in [0.29, 0.717) is 42.6 Å². The number of H-pyrrole nitrogens is 1. The first kappa shape index (κ1) is 18.9. The van der Waals surface area contributed by atoms with Crippen LogP contribution in [0.3, 0.4) is 0 Å². The Morgan fingerprint density at radius 1 is 1.19 bits per heavy atom. The quantitative estimate of drug-likeness (QED) is 0.580. The number of nitrogens with zero attached hydrogens (tertiary/aromatic N) is 1. The molecule has 7 nitrogen and oxygen atoms in total. The van der Waals surface area contributed by atoms with E-state index in [1.54, 1.807) is 18.6 Å². The van der Waals surface area contributed by atoms with E-state index in [9.17, 15) is 14.4 Å². The molecule has 0 bridgehead atoms.